The van der Waals surface area contributed by atoms with Crippen LogP contribution in [0.2, 0.25) is 0 Å². The van der Waals surface area contributed by atoms with Crippen LogP contribution < -0.4 is 14.8 Å². The summed E-state index contributed by atoms with van der Waals surface area (Å²) in [7, 11) is 3.33. The quantitative estimate of drug-likeness (QED) is 0.869. The first-order chi connectivity index (χ1) is 9.50. The van der Waals surface area contributed by atoms with Gasteiger partial charge in [-0.25, -0.2) is 0 Å². The van der Waals surface area contributed by atoms with E-state index in [9.17, 15) is 0 Å². The second kappa shape index (κ2) is 6.02. The van der Waals surface area contributed by atoms with Crippen molar-refractivity contribution in [3.8, 4) is 11.5 Å². The van der Waals surface area contributed by atoms with E-state index in [1.165, 1.54) is 11.1 Å². The third-order valence-corrected chi connectivity index (χ3v) is 3.87. The SMILES string of the molecule is COc1cc2c(cc1OC)[C@@H](CCCO)NC(C)(C)C2. The molecule has 0 saturated carbocycles. The summed E-state index contributed by atoms with van der Waals surface area (Å²) in [5, 5.41) is 12.8. The van der Waals surface area contributed by atoms with Crippen molar-refractivity contribution in [2.45, 2.75) is 44.7 Å². The molecule has 112 valence electrons. The molecule has 4 nitrogen and oxygen atoms in total. The van der Waals surface area contributed by atoms with Gasteiger partial charge in [0, 0.05) is 18.2 Å². The van der Waals surface area contributed by atoms with Gasteiger partial charge in [-0.2, -0.15) is 0 Å². The maximum absolute atomic E-state index is 9.09. The Morgan fingerprint density at radius 2 is 1.90 bits per heavy atom. The van der Waals surface area contributed by atoms with Gasteiger partial charge in [0.25, 0.3) is 0 Å². The van der Waals surface area contributed by atoms with Crippen molar-refractivity contribution in [1.29, 1.82) is 0 Å². The zero-order chi connectivity index (χ0) is 14.8. The number of hydrogen-bond donors (Lipinski definition) is 2. The van der Waals surface area contributed by atoms with E-state index in [0.29, 0.717) is 0 Å². The van der Waals surface area contributed by atoms with Gasteiger partial charge in [-0.15, -0.1) is 0 Å². The lowest BCUT2D eigenvalue weighted by molar-refractivity contribution is 0.250. The lowest BCUT2D eigenvalue weighted by Crippen LogP contribution is -2.47. The molecule has 0 spiro atoms. The first-order valence-electron chi connectivity index (χ1n) is 7.14. The zero-order valence-electron chi connectivity index (χ0n) is 12.8. The predicted octanol–water partition coefficient (Wildman–Crippen LogP) is 2.44. The molecule has 2 N–H and O–H groups in total. The van der Waals surface area contributed by atoms with Crippen LogP contribution in [0.4, 0.5) is 0 Å². The highest BCUT2D eigenvalue weighted by Crippen LogP contribution is 2.39. The van der Waals surface area contributed by atoms with E-state index >= 15 is 0 Å². The van der Waals surface area contributed by atoms with E-state index in [1.54, 1.807) is 14.2 Å². The number of aliphatic hydroxyl groups is 1. The average Bonchev–Trinajstić information content (AvgIpc) is 2.42. The van der Waals surface area contributed by atoms with Crippen molar-refractivity contribution in [1.82, 2.24) is 5.32 Å². The van der Waals surface area contributed by atoms with Gasteiger partial charge < -0.3 is 19.9 Å². The topological polar surface area (TPSA) is 50.7 Å². The predicted molar refractivity (Wildman–Crippen MR) is 79.5 cm³/mol. The summed E-state index contributed by atoms with van der Waals surface area (Å²) in [6, 6.07) is 4.40. The number of fused-ring (bicyclic) bond motifs is 1. The number of ether oxygens (including phenoxy) is 2. The van der Waals surface area contributed by atoms with Gasteiger partial charge >= 0.3 is 0 Å². The van der Waals surface area contributed by atoms with Crippen molar-refractivity contribution >= 4 is 0 Å². The van der Waals surface area contributed by atoms with Crippen molar-refractivity contribution in [2.75, 3.05) is 20.8 Å². The minimum atomic E-state index is 0.0483. The second-order valence-electron chi connectivity index (χ2n) is 6.03. The Kier molecular flexibility index (Phi) is 4.55. The molecule has 0 aromatic heterocycles. The van der Waals surface area contributed by atoms with Gasteiger partial charge in [-0.1, -0.05) is 0 Å². The zero-order valence-corrected chi connectivity index (χ0v) is 12.8. The van der Waals surface area contributed by atoms with Crippen LogP contribution in [-0.2, 0) is 6.42 Å². The third kappa shape index (κ3) is 3.07. The van der Waals surface area contributed by atoms with Crippen LogP contribution in [0.1, 0.15) is 43.9 Å². The summed E-state index contributed by atoms with van der Waals surface area (Å²) < 4.78 is 10.8. The van der Waals surface area contributed by atoms with Gasteiger partial charge in [0.1, 0.15) is 0 Å². The largest absolute Gasteiger partial charge is 0.493 e. The fourth-order valence-corrected chi connectivity index (χ4v) is 3.01. The number of hydrogen-bond acceptors (Lipinski definition) is 4. The van der Waals surface area contributed by atoms with Gasteiger partial charge in [0.2, 0.25) is 0 Å². The molecule has 1 heterocycles. The Labute approximate surface area is 121 Å². The lowest BCUT2D eigenvalue weighted by atomic mass is 9.82. The molecular formula is C16H25NO3. The number of nitrogens with one attached hydrogen (secondary N) is 1. The lowest BCUT2D eigenvalue weighted by Gasteiger charge is -2.39. The second-order valence-corrected chi connectivity index (χ2v) is 6.03. The van der Waals surface area contributed by atoms with Crippen LogP contribution in [0.3, 0.4) is 0 Å². The first-order valence-corrected chi connectivity index (χ1v) is 7.14. The van der Waals surface area contributed by atoms with E-state index in [4.69, 9.17) is 14.6 Å². The highest BCUT2D eigenvalue weighted by molar-refractivity contribution is 5.50. The maximum Gasteiger partial charge on any atom is 0.161 e. The Bertz CT molecular complexity index is 471. The molecule has 4 heteroatoms. The average molecular weight is 279 g/mol. The molecule has 1 atom stereocenters. The Balaban J connectivity index is 2.41. The molecule has 1 aliphatic heterocycles. The maximum atomic E-state index is 9.09. The standard InChI is InChI=1S/C16H25NO3/c1-16(2)10-11-8-14(19-3)15(20-4)9-12(11)13(17-16)6-5-7-18/h8-9,13,17-18H,5-7,10H2,1-4H3/t13-/m1/s1. The molecule has 0 aliphatic carbocycles. The summed E-state index contributed by atoms with van der Waals surface area (Å²) >= 11 is 0. The summed E-state index contributed by atoms with van der Waals surface area (Å²) in [6.45, 7) is 4.64. The van der Waals surface area contributed by atoms with Crippen LogP contribution in [-0.4, -0.2) is 31.5 Å². The molecule has 0 bridgehead atoms. The Morgan fingerprint density at radius 1 is 1.25 bits per heavy atom. The molecule has 1 aliphatic rings. The molecule has 20 heavy (non-hydrogen) atoms. The summed E-state index contributed by atoms with van der Waals surface area (Å²) in [4.78, 5) is 0. The highest BCUT2D eigenvalue weighted by atomic mass is 16.5. The van der Waals surface area contributed by atoms with Crippen molar-refractivity contribution in [2.24, 2.45) is 0 Å². The van der Waals surface area contributed by atoms with Crippen molar-refractivity contribution in [3.63, 3.8) is 0 Å². The van der Waals surface area contributed by atoms with Crippen LogP contribution in [0.25, 0.3) is 0 Å². The Morgan fingerprint density at radius 3 is 2.50 bits per heavy atom. The van der Waals surface area contributed by atoms with Crippen molar-refractivity contribution < 1.29 is 14.6 Å². The van der Waals surface area contributed by atoms with E-state index in [-0.39, 0.29) is 18.2 Å². The molecule has 0 fully saturated rings. The van der Waals surface area contributed by atoms with Crippen molar-refractivity contribution in [3.05, 3.63) is 23.3 Å². The minimum Gasteiger partial charge on any atom is -0.493 e. The van der Waals surface area contributed by atoms with E-state index in [1.807, 2.05) is 0 Å². The normalized spacial score (nSPS) is 20.4. The Hall–Kier alpha value is -1.26. The molecule has 0 saturated heterocycles. The van der Waals surface area contributed by atoms with Crippen LogP contribution >= 0.6 is 0 Å². The molecule has 0 radical (unpaired) electrons. The van der Waals surface area contributed by atoms with E-state index in [0.717, 1.165) is 30.8 Å². The van der Waals surface area contributed by atoms with Crippen LogP contribution in [0.15, 0.2) is 12.1 Å². The van der Waals surface area contributed by atoms with Gasteiger partial charge in [-0.05, 0) is 56.4 Å². The van der Waals surface area contributed by atoms with Gasteiger partial charge in [-0.3, -0.25) is 0 Å². The molecule has 0 unspecified atom stereocenters. The van der Waals surface area contributed by atoms with E-state index in [2.05, 4.69) is 31.3 Å². The fourth-order valence-electron chi connectivity index (χ4n) is 3.01. The number of aliphatic hydroxyl groups excluding tert-OH is 1. The van der Waals surface area contributed by atoms with Crippen LogP contribution in [0.5, 0.6) is 11.5 Å². The van der Waals surface area contributed by atoms with E-state index < -0.39 is 0 Å². The number of methoxy groups -OCH3 is 2. The third-order valence-electron chi connectivity index (χ3n) is 3.87. The molecule has 1 aromatic rings. The minimum absolute atomic E-state index is 0.0483. The molecule has 2 rings (SSSR count). The van der Waals surface area contributed by atoms with Crippen LogP contribution in [0, 0.1) is 0 Å². The monoisotopic (exact) mass is 279 g/mol. The van der Waals surface area contributed by atoms with Gasteiger partial charge in [0.15, 0.2) is 11.5 Å². The fraction of sp³-hybridized carbons (Fsp3) is 0.625. The summed E-state index contributed by atoms with van der Waals surface area (Å²) in [5.41, 5.74) is 2.61. The number of benzene rings is 1. The summed E-state index contributed by atoms with van der Waals surface area (Å²) in [5.74, 6) is 1.55. The number of rotatable bonds is 5. The first kappa shape index (κ1) is 15.1. The molecule has 1 aromatic carbocycles. The highest BCUT2D eigenvalue weighted by Gasteiger charge is 2.32. The molecular weight excluding hydrogens is 254 g/mol. The smallest absolute Gasteiger partial charge is 0.161 e. The molecule has 0 amide bonds. The summed E-state index contributed by atoms with van der Waals surface area (Å²) in [6.07, 6.45) is 2.67. The van der Waals surface area contributed by atoms with Gasteiger partial charge in [0.05, 0.1) is 14.2 Å².